The van der Waals surface area contributed by atoms with Crippen LogP contribution in [0.15, 0.2) is 18.2 Å². The Morgan fingerprint density at radius 3 is 1.85 bits per heavy atom. The molecule has 8 N–H and O–H groups in total. The Morgan fingerprint density at radius 1 is 0.767 bits per heavy atom. The summed E-state index contributed by atoms with van der Waals surface area (Å²) in [6.45, 7) is 1.82. The van der Waals surface area contributed by atoms with Gasteiger partial charge in [-0.2, -0.15) is 0 Å². The van der Waals surface area contributed by atoms with Gasteiger partial charge in [-0.05, 0) is 37.8 Å². The van der Waals surface area contributed by atoms with Gasteiger partial charge in [-0.15, -0.1) is 0 Å². The van der Waals surface area contributed by atoms with Crippen molar-refractivity contribution in [3.63, 3.8) is 0 Å². The van der Waals surface area contributed by atoms with Crippen LogP contribution in [-0.4, -0.2) is 145 Å². The average Bonchev–Trinajstić information content (AvgIpc) is 3.18. The predicted octanol–water partition coefficient (Wildman–Crippen LogP) is 2.39. The minimum absolute atomic E-state index is 0.00603. The van der Waals surface area contributed by atoms with Crippen LogP contribution in [0.25, 0.3) is 0 Å². The average molecular weight is 859 g/mol. The number of phenols is 1. The SMILES string of the molecule is CC(=O)OC1C(O)[C@H](O)C(CO)O[C@H]1O[C@H](CO)[C@@H](O)[C@H](O)[C@H](OC(C)=O)C(=O)OC(C)CCCCCCCCCCCCCCCC(=O)Cc1cccc(O)c1C(=O)O. The van der Waals surface area contributed by atoms with E-state index in [1.807, 2.05) is 0 Å². The van der Waals surface area contributed by atoms with Crippen molar-refractivity contribution in [3.05, 3.63) is 29.3 Å². The van der Waals surface area contributed by atoms with Crippen molar-refractivity contribution in [2.24, 2.45) is 0 Å². The molecule has 0 aliphatic carbocycles. The lowest BCUT2D eigenvalue weighted by Crippen LogP contribution is -2.62. The van der Waals surface area contributed by atoms with Crippen molar-refractivity contribution in [3.8, 4) is 5.75 Å². The maximum absolute atomic E-state index is 13.1. The lowest BCUT2D eigenvalue weighted by atomic mass is 9.98. The van der Waals surface area contributed by atoms with E-state index in [0.29, 0.717) is 18.4 Å². The van der Waals surface area contributed by atoms with E-state index in [1.165, 1.54) is 12.1 Å². The molecule has 60 heavy (non-hydrogen) atoms. The number of aliphatic hydroxyl groups excluding tert-OH is 6. The van der Waals surface area contributed by atoms with Crippen LogP contribution < -0.4 is 0 Å². The van der Waals surface area contributed by atoms with Gasteiger partial charge in [-0.3, -0.25) is 14.4 Å². The van der Waals surface area contributed by atoms with Crippen LogP contribution in [0.2, 0.25) is 0 Å². The second-order valence-corrected chi connectivity index (χ2v) is 15.4. The number of hydrogen-bond acceptors (Lipinski definition) is 17. The minimum Gasteiger partial charge on any atom is -0.507 e. The van der Waals surface area contributed by atoms with Crippen molar-refractivity contribution >= 4 is 29.7 Å². The van der Waals surface area contributed by atoms with Crippen LogP contribution in [0.3, 0.4) is 0 Å². The topological polar surface area (TPSA) is 293 Å². The number of aromatic carboxylic acids is 1. The molecule has 1 aliphatic rings. The van der Waals surface area contributed by atoms with Crippen LogP contribution in [0.5, 0.6) is 5.75 Å². The molecule has 0 aromatic heterocycles. The van der Waals surface area contributed by atoms with E-state index in [-0.39, 0.29) is 23.5 Å². The second-order valence-electron chi connectivity index (χ2n) is 15.4. The van der Waals surface area contributed by atoms with E-state index >= 15 is 0 Å². The molecule has 1 aromatic carbocycles. The van der Waals surface area contributed by atoms with Gasteiger partial charge in [-0.1, -0.05) is 82.8 Å². The van der Waals surface area contributed by atoms with Gasteiger partial charge in [0.2, 0.25) is 6.10 Å². The number of rotatable bonds is 30. The summed E-state index contributed by atoms with van der Waals surface area (Å²) in [5, 5.41) is 81.1. The zero-order valence-corrected chi connectivity index (χ0v) is 34.9. The number of esters is 3. The largest absolute Gasteiger partial charge is 0.507 e. The number of ketones is 1. The van der Waals surface area contributed by atoms with Crippen molar-refractivity contribution in [1.29, 1.82) is 0 Å². The summed E-state index contributed by atoms with van der Waals surface area (Å²) < 4.78 is 26.3. The Hall–Kier alpha value is -3.75. The molecule has 18 nitrogen and oxygen atoms in total. The molecule has 2 rings (SSSR count). The first-order valence-corrected chi connectivity index (χ1v) is 20.9. The van der Waals surface area contributed by atoms with E-state index in [1.54, 1.807) is 13.0 Å². The highest BCUT2D eigenvalue weighted by atomic mass is 16.7. The number of unbranched alkanes of at least 4 members (excludes halogenated alkanes) is 12. The quantitative estimate of drug-likeness (QED) is 0.0313. The Labute approximate surface area is 350 Å². The van der Waals surface area contributed by atoms with Crippen molar-refractivity contribution in [2.45, 2.75) is 185 Å². The summed E-state index contributed by atoms with van der Waals surface area (Å²) in [6.07, 6.45) is -3.15. The number of Topliss-reactive ketones (excluding diaryl/α,β-unsaturated/α-hetero) is 1. The van der Waals surface area contributed by atoms with Gasteiger partial charge in [0.15, 0.2) is 12.4 Å². The number of benzene rings is 1. The van der Waals surface area contributed by atoms with E-state index in [9.17, 15) is 64.8 Å². The van der Waals surface area contributed by atoms with E-state index in [2.05, 4.69) is 0 Å². The lowest BCUT2D eigenvalue weighted by Gasteiger charge is -2.42. The van der Waals surface area contributed by atoms with Crippen LogP contribution in [-0.2, 0) is 49.3 Å². The van der Waals surface area contributed by atoms with Gasteiger partial charge < -0.3 is 64.5 Å². The number of ether oxygens (including phenoxy) is 5. The molecule has 4 unspecified atom stereocenters. The standard InChI is InChI=1S/C42H66O18/c1-25(18-15-13-11-9-7-5-4-6-8-10-12-14-16-20-29(47)22-28-19-17-21-30(48)33(28)40(53)54)56-41(55)38(57-26(2)45)36(51)34(49)31(23-43)59-42-39(58-27(3)46)37(52)35(50)32(24-44)60-42/h17,19,21,25,31-32,34-39,42-44,48-52H,4-16,18,20,22-24H2,1-3H3,(H,53,54)/t25?,31-,32?,34-,35-,36+,37?,38+,39?,42-/m1/s1. The summed E-state index contributed by atoms with van der Waals surface area (Å²) >= 11 is 0. The highest BCUT2D eigenvalue weighted by Gasteiger charge is 2.49. The molecule has 342 valence electrons. The van der Waals surface area contributed by atoms with E-state index in [0.717, 1.165) is 97.3 Å². The summed E-state index contributed by atoms with van der Waals surface area (Å²) in [4.78, 5) is 60.3. The van der Waals surface area contributed by atoms with Crippen LogP contribution >= 0.6 is 0 Å². The summed E-state index contributed by atoms with van der Waals surface area (Å²) in [6, 6.07) is 4.38. The number of aliphatic hydroxyl groups is 6. The molecule has 0 saturated carbocycles. The van der Waals surface area contributed by atoms with Crippen molar-refractivity contribution in [1.82, 2.24) is 0 Å². The third-order valence-electron chi connectivity index (χ3n) is 10.3. The molecule has 0 spiro atoms. The van der Waals surface area contributed by atoms with E-state index < -0.39 is 98.3 Å². The molecule has 1 aliphatic heterocycles. The fourth-order valence-corrected chi connectivity index (χ4v) is 7.03. The van der Waals surface area contributed by atoms with Gasteiger partial charge >= 0.3 is 23.9 Å². The third kappa shape index (κ3) is 18.1. The van der Waals surface area contributed by atoms with Crippen LogP contribution in [0.4, 0.5) is 0 Å². The number of carbonyl (C=O) groups excluding carboxylic acids is 4. The summed E-state index contributed by atoms with van der Waals surface area (Å²) in [7, 11) is 0. The number of carboxylic acid groups (broad SMARTS) is 1. The molecule has 10 atom stereocenters. The molecule has 1 heterocycles. The van der Waals surface area contributed by atoms with Gasteiger partial charge in [-0.25, -0.2) is 9.59 Å². The normalized spacial score (nSPS) is 21.6. The third-order valence-corrected chi connectivity index (χ3v) is 10.3. The second kappa shape index (κ2) is 28.0. The van der Waals surface area contributed by atoms with Gasteiger partial charge in [0.1, 0.15) is 53.7 Å². The predicted molar refractivity (Wildman–Crippen MR) is 211 cm³/mol. The molecule has 1 fully saturated rings. The molecular formula is C42H66O18. The first-order chi connectivity index (χ1) is 28.5. The number of aromatic hydroxyl groups is 1. The number of hydrogen-bond donors (Lipinski definition) is 8. The number of carbonyl (C=O) groups is 5. The van der Waals surface area contributed by atoms with Crippen molar-refractivity contribution < 1.29 is 88.5 Å². The van der Waals surface area contributed by atoms with Gasteiger partial charge in [0, 0.05) is 26.7 Å². The van der Waals surface area contributed by atoms with Crippen molar-refractivity contribution in [2.75, 3.05) is 13.2 Å². The molecule has 18 heteroatoms. The Morgan fingerprint density at radius 2 is 1.33 bits per heavy atom. The van der Waals surface area contributed by atoms with Gasteiger partial charge in [0.25, 0.3) is 0 Å². The summed E-state index contributed by atoms with van der Waals surface area (Å²) in [5.74, 6) is -4.66. The zero-order chi connectivity index (χ0) is 44.8. The maximum atomic E-state index is 13.1. The molecule has 1 aromatic rings. The fraction of sp³-hybridized carbons (Fsp3) is 0.738. The minimum atomic E-state index is -2.19. The summed E-state index contributed by atoms with van der Waals surface area (Å²) in [5.41, 5.74) is 0.111. The molecular weight excluding hydrogens is 792 g/mol. The smallest absolute Gasteiger partial charge is 0.350 e. The highest BCUT2D eigenvalue weighted by molar-refractivity contribution is 5.94. The fourth-order valence-electron chi connectivity index (χ4n) is 7.03. The maximum Gasteiger partial charge on any atom is 0.350 e. The molecule has 1 saturated heterocycles. The lowest BCUT2D eigenvalue weighted by molar-refractivity contribution is -0.324. The molecule has 0 radical (unpaired) electrons. The Bertz CT molecular complexity index is 1470. The first-order valence-electron chi connectivity index (χ1n) is 20.9. The number of carboxylic acids is 1. The molecule has 0 bridgehead atoms. The van der Waals surface area contributed by atoms with E-state index in [4.69, 9.17) is 23.7 Å². The molecule has 0 amide bonds. The Kier molecular flexibility index (Phi) is 24.4. The Balaban J connectivity index is 1.64. The van der Waals surface area contributed by atoms with Gasteiger partial charge in [0.05, 0.1) is 19.3 Å². The first kappa shape index (κ1) is 52.4. The highest BCUT2D eigenvalue weighted by Crippen LogP contribution is 2.27. The van der Waals surface area contributed by atoms with Crippen LogP contribution in [0.1, 0.15) is 133 Å². The monoisotopic (exact) mass is 858 g/mol. The zero-order valence-electron chi connectivity index (χ0n) is 34.9. The van der Waals surface area contributed by atoms with Crippen LogP contribution in [0, 0.1) is 0 Å².